The number of hydrogen-bond donors (Lipinski definition) is 2. The van der Waals surface area contributed by atoms with Gasteiger partial charge in [0.05, 0.1) is 6.61 Å². The van der Waals surface area contributed by atoms with Gasteiger partial charge in [0.1, 0.15) is 0 Å². The maximum atomic E-state index is 8.86. The molecule has 0 aromatic heterocycles. The third-order valence-electron chi connectivity index (χ3n) is 3.55. The van der Waals surface area contributed by atoms with E-state index in [9.17, 15) is 0 Å². The van der Waals surface area contributed by atoms with Crippen LogP contribution in [0.1, 0.15) is 56.6 Å². The first-order valence-electron chi connectivity index (χ1n) is 7.90. The van der Waals surface area contributed by atoms with Crippen molar-refractivity contribution in [3.63, 3.8) is 0 Å². The Balaban J connectivity index is 2.26. The zero-order chi connectivity index (χ0) is 14.6. The highest BCUT2D eigenvalue weighted by Crippen LogP contribution is 2.12. The number of aliphatic hydroxyl groups is 1. The lowest BCUT2D eigenvalue weighted by Crippen LogP contribution is -2.20. The Kier molecular flexibility index (Phi) is 9.01. The fourth-order valence-corrected chi connectivity index (χ4v) is 2.20. The van der Waals surface area contributed by atoms with Crippen LogP contribution in [0, 0.1) is 0 Å². The SMILES string of the molecule is CCCCCCCCc1ccc(/C=C/C(N)CO)cc1. The molecule has 0 saturated carbocycles. The molecule has 0 saturated heterocycles. The van der Waals surface area contributed by atoms with Crippen molar-refractivity contribution >= 4 is 6.08 Å². The number of aryl methyl sites for hydroxylation is 1. The Labute approximate surface area is 123 Å². The van der Waals surface area contributed by atoms with Crippen LogP contribution in [0.4, 0.5) is 0 Å². The fourth-order valence-electron chi connectivity index (χ4n) is 2.20. The van der Waals surface area contributed by atoms with Gasteiger partial charge in [-0.25, -0.2) is 0 Å². The van der Waals surface area contributed by atoms with Crippen molar-refractivity contribution in [2.75, 3.05) is 6.61 Å². The first-order chi connectivity index (χ1) is 9.76. The molecule has 0 radical (unpaired) electrons. The van der Waals surface area contributed by atoms with Gasteiger partial charge in [-0.2, -0.15) is 0 Å². The van der Waals surface area contributed by atoms with Crippen molar-refractivity contribution in [2.24, 2.45) is 5.73 Å². The summed E-state index contributed by atoms with van der Waals surface area (Å²) in [5, 5.41) is 8.86. The van der Waals surface area contributed by atoms with Crippen molar-refractivity contribution < 1.29 is 5.11 Å². The van der Waals surface area contributed by atoms with Gasteiger partial charge in [-0.15, -0.1) is 0 Å². The highest BCUT2D eigenvalue weighted by atomic mass is 16.3. The zero-order valence-electron chi connectivity index (χ0n) is 12.7. The molecule has 1 unspecified atom stereocenters. The minimum absolute atomic E-state index is 0.00733. The monoisotopic (exact) mass is 275 g/mol. The van der Waals surface area contributed by atoms with Crippen molar-refractivity contribution in [1.82, 2.24) is 0 Å². The van der Waals surface area contributed by atoms with Gasteiger partial charge < -0.3 is 10.8 Å². The van der Waals surface area contributed by atoms with Gasteiger partial charge in [0.25, 0.3) is 0 Å². The Morgan fingerprint density at radius 3 is 2.35 bits per heavy atom. The summed E-state index contributed by atoms with van der Waals surface area (Å²) in [4.78, 5) is 0. The van der Waals surface area contributed by atoms with E-state index in [2.05, 4.69) is 31.2 Å². The van der Waals surface area contributed by atoms with Crippen molar-refractivity contribution in [2.45, 2.75) is 57.9 Å². The summed E-state index contributed by atoms with van der Waals surface area (Å²) >= 11 is 0. The molecular formula is C18H29NO. The summed E-state index contributed by atoms with van der Waals surface area (Å²) in [6, 6.07) is 8.35. The topological polar surface area (TPSA) is 46.2 Å². The van der Waals surface area contributed by atoms with Crippen LogP contribution in [0.15, 0.2) is 30.3 Å². The van der Waals surface area contributed by atoms with Crippen LogP contribution in [0.5, 0.6) is 0 Å². The van der Waals surface area contributed by atoms with Crippen molar-refractivity contribution in [1.29, 1.82) is 0 Å². The van der Waals surface area contributed by atoms with Gasteiger partial charge in [-0.1, -0.05) is 75.4 Å². The predicted molar refractivity (Wildman–Crippen MR) is 87.6 cm³/mol. The molecule has 0 aliphatic heterocycles. The van der Waals surface area contributed by atoms with E-state index in [0.29, 0.717) is 0 Å². The maximum Gasteiger partial charge on any atom is 0.0618 e. The van der Waals surface area contributed by atoms with E-state index < -0.39 is 0 Å². The number of benzene rings is 1. The van der Waals surface area contributed by atoms with Crippen LogP contribution in [-0.2, 0) is 6.42 Å². The van der Waals surface area contributed by atoms with Gasteiger partial charge in [-0.3, -0.25) is 0 Å². The summed E-state index contributed by atoms with van der Waals surface area (Å²) in [6.45, 7) is 2.25. The third kappa shape index (κ3) is 7.46. The van der Waals surface area contributed by atoms with Crippen LogP contribution in [0.25, 0.3) is 6.08 Å². The molecule has 0 aliphatic carbocycles. The smallest absolute Gasteiger partial charge is 0.0618 e. The van der Waals surface area contributed by atoms with Crippen LogP contribution in [0.2, 0.25) is 0 Å². The van der Waals surface area contributed by atoms with Gasteiger partial charge in [0.15, 0.2) is 0 Å². The molecule has 1 aromatic carbocycles. The quantitative estimate of drug-likeness (QED) is 0.636. The van der Waals surface area contributed by atoms with E-state index in [1.54, 1.807) is 0 Å². The van der Waals surface area contributed by atoms with E-state index >= 15 is 0 Å². The Hall–Kier alpha value is -1.12. The van der Waals surface area contributed by atoms with Gasteiger partial charge in [0, 0.05) is 6.04 Å². The van der Waals surface area contributed by atoms with Crippen LogP contribution < -0.4 is 5.73 Å². The number of rotatable bonds is 10. The zero-order valence-corrected chi connectivity index (χ0v) is 12.7. The molecule has 3 N–H and O–H groups in total. The molecule has 0 bridgehead atoms. The number of hydrogen-bond acceptors (Lipinski definition) is 2. The lowest BCUT2D eigenvalue weighted by atomic mass is 10.0. The highest BCUT2D eigenvalue weighted by Gasteiger charge is 1.96. The molecule has 2 nitrogen and oxygen atoms in total. The Morgan fingerprint density at radius 2 is 1.70 bits per heavy atom. The second-order valence-electron chi connectivity index (χ2n) is 5.46. The molecule has 0 heterocycles. The molecule has 1 rings (SSSR count). The highest BCUT2D eigenvalue weighted by molar-refractivity contribution is 5.50. The Morgan fingerprint density at radius 1 is 1.05 bits per heavy atom. The van der Waals surface area contributed by atoms with Crippen molar-refractivity contribution in [3.8, 4) is 0 Å². The number of unbranched alkanes of at least 4 members (excludes halogenated alkanes) is 5. The van der Waals surface area contributed by atoms with Crippen molar-refractivity contribution in [3.05, 3.63) is 41.5 Å². The minimum Gasteiger partial charge on any atom is -0.394 e. The molecule has 0 aliphatic rings. The molecular weight excluding hydrogens is 246 g/mol. The molecule has 112 valence electrons. The average molecular weight is 275 g/mol. The molecule has 1 aromatic rings. The average Bonchev–Trinajstić information content (AvgIpc) is 2.49. The minimum atomic E-state index is -0.266. The summed E-state index contributed by atoms with van der Waals surface area (Å²) in [6.07, 6.45) is 13.0. The van der Waals surface area contributed by atoms with E-state index in [1.165, 1.54) is 50.5 Å². The van der Waals surface area contributed by atoms with Crippen LogP contribution >= 0.6 is 0 Å². The molecule has 0 spiro atoms. The lowest BCUT2D eigenvalue weighted by Gasteiger charge is -2.03. The maximum absolute atomic E-state index is 8.86. The normalized spacial score (nSPS) is 12.9. The predicted octanol–water partition coefficient (Wildman–Crippen LogP) is 3.92. The van der Waals surface area contributed by atoms with E-state index in [0.717, 1.165) is 5.56 Å². The Bertz CT molecular complexity index is 370. The molecule has 2 heteroatoms. The summed E-state index contributed by atoms with van der Waals surface area (Å²) in [5.74, 6) is 0. The standard InChI is InChI=1S/C18H29NO/c1-2-3-4-5-6-7-8-16-9-11-17(12-10-16)13-14-18(19)15-20/h9-14,18,20H,2-8,15,19H2,1H3/b14-13+. The van der Waals surface area contributed by atoms with Gasteiger partial charge >= 0.3 is 0 Å². The largest absolute Gasteiger partial charge is 0.394 e. The van der Waals surface area contributed by atoms with Crippen LogP contribution in [-0.4, -0.2) is 17.8 Å². The first kappa shape index (κ1) is 16.9. The van der Waals surface area contributed by atoms with Crippen LogP contribution in [0.3, 0.4) is 0 Å². The number of nitrogens with two attached hydrogens (primary N) is 1. The third-order valence-corrected chi connectivity index (χ3v) is 3.55. The number of aliphatic hydroxyl groups excluding tert-OH is 1. The summed E-state index contributed by atoms with van der Waals surface area (Å²) < 4.78 is 0. The lowest BCUT2D eigenvalue weighted by molar-refractivity contribution is 0.284. The second kappa shape index (κ2) is 10.6. The molecule has 0 fully saturated rings. The van der Waals surface area contributed by atoms with E-state index in [4.69, 9.17) is 10.8 Å². The summed E-state index contributed by atoms with van der Waals surface area (Å²) in [7, 11) is 0. The molecule has 0 amide bonds. The molecule has 1 atom stereocenters. The molecule has 20 heavy (non-hydrogen) atoms. The van der Waals surface area contributed by atoms with E-state index in [-0.39, 0.29) is 12.6 Å². The second-order valence-corrected chi connectivity index (χ2v) is 5.46. The van der Waals surface area contributed by atoms with Gasteiger partial charge in [0.2, 0.25) is 0 Å². The van der Waals surface area contributed by atoms with Gasteiger partial charge in [-0.05, 0) is 24.0 Å². The van der Waals surface area contributed by atoms with E-state index in [1.807, 2.05) is 12.2 Å². The first-order valence-corrected chi connectivity index (χ1v) is 7.90. The fraction of sp³-hybridized carbons (Fsp3) is 0.556. The summed E-state index contributed by atoms with van der Waals surface area (Å²) in [5.41, 5.74) is 8.18.